The molecule has 3 aromatic rings. The second-order valence-electron chi connectivity index (χ2n) is 6.96. The topological polar surface area (TPSA) is 67.3 Å². The van der Waals surface area contributed by atoms with Gasteiger partial charge in [0, 0.05) is 19.6 Å². The Labute approximate surface area is 169 Å². The summed E-state index contributed by atoms with van der Waals surface area (Å²) >= 11 is 0. The van der Waals surface area contributed by atoms with Gasteiger partial charge in [-0.05, 0) is 28.8 Å². The Morgan fingerprint density at radius 1 is 1.17 bits per heavy atom. The number of hydrogen-bond acceptors (Lipinski definition) is 5. The molecule has 6 nitrogen and oxygen atoms in total. The maximum absolute atomic E-state index is 11.9. The zero-order valence-electron chi connectivity index (χ0n) is 16.1. The van der Waals surface area contributed by atoms with Gasteiger partial charge in [-0.3, -0.25) is 9.78 Å². The number of amides is 1. The summed E-state index contributed by atoms with van der Waals surface area (Å²) in [5.41, 5.74) is 5.40. The smallest absolute Gasteiger partial charge is 0.222 e. The van der Waals surface area contributed by atoms with Crippen LogP contribution in [0.25, 0.3) is 11.0 Å². The van der Waals surface area contributed by atoms with Crippen molar-refractivity contribution in [3.8, 4) is 12.3 Å². The van der Waals surface area contributed by atoms with Gasteiger partial charge in [0.25, 0.3) is 0 Å². The van der Waals surface area contributed by atoms with Crippen molar-refractivity contribution < 1.29 is 9.53 Å². The van der Waals surface area contributed by atoms with Crippen molar-refractivity contribution in [1.29, 1.82) is 0 Å². The summed E-state index contributed by atoms with van der Waals surface area (Å²) in [5.74, 6) is 3.21. The summed E-state index contributed by atoms with van der Waals surface area (Å²) in [7, 11) is 0. The molecule has 1 aromatic heterocycles. The average molecular weight is 386 g/mol. The number of para-hydroxylation sites is 2. The summed E-state index contributed by atoms with van der Waals surface area (Å²) in [5, 5.41) is 2.92. The van der Waals surface area contributed by atoms with Gasteiger partial charge in [0.05, 0.1) is 30.3 Å². The van der Waals surface area contributed by atoms with Crippen molar-refractivity contribution in [2.75, 3.05) is 18.1 Å². The molecular weight excluding hydrogens is 364 g/mol. The monoisotopic (exact) mass is 386 g/mol. The molecule has 1 aliphatic rings. The quantitative estimate of drug-likeness (QED) is 0.500. The molecule has 0 radical (unpaired) electrons. The lowest BCUT2D eigenvalue weighted by atomic mass is 10.1. The molecule has 2 aromatic carbocycles. The maximum atomic E-state index is 11.9. The van der Waals surface area contributed by atoms with E-state index in [1.807, 2.05) is 30.5 Å². The fourth-order valence-corrected chi connectivity index (χ4v) is 3.40. The number of aromatic nitrogens is 2. The van der Waals surface area contributed by atoms with Gasteiger partial charge in [0.1, 0.15) is 12.4 Å². The van der Waals surface area contributed by atoms with Crippen LogP contribution < -0.4 is 10.2 Å². The van der Waals surface area contributed by atoms with E-state index in [-0.39, 0.29) is 12.5 Å². The minimum atomic E-state index is -0.0458. The van der Waals surface area contributed by atoms with Crippen molar-refractivity contribution in [3.63, 3.8) is 0 Å². The second kappa shape index (κ2) is 8.72. The van der Waals surface area contributed by atoms with Gasteiger partial charge in [-0.1, -0.05) is 36.3 Å². The van der Waals surface area contributed by atoms with E-state index in [1.54, 1.807) is 0 Å². The first kappa shape index (κ1) is 18.9. The van der Waals surface area contributed by atoms with Crippen LogP contribution >= 0.6 is 0 Å². The lowest BCUT2D eigenvalue weighted by molar-refractivity contribution is -0.122. The number of nitrogens with one attached hydrogen (secondary N) is 1. The zero-order valence-corrected chi connectivity index (χ0v) is 16.1. The van der Waals surface area contributed by atoms with Crippen LogP contribution in [-0.4, -0.2) is 29.1 Å². The van der Waals surface area contributed by atoms with Gasteiger partial charge in [-0.15, -0.1) is 6.42 Å². The molecule has 1 N–H and O–H groups in total. The summed E-state index contributed by atoms with van der Waals surface area (Å²) in [6.45, 7) is 2.65. The fourth-order valence-electron chi connectivity index (χ4n) is 3.40. The third-order valence-corrected chi connectivity index (χ3v) is 4.90. The molecule has 4 rings (SSSR count). The largest absolute Gasteiger partial charge is 0.368 e. The minimum absolute atomic E-state index is 0.0458. The SMILES string of the molecule is C#CCOCCC(=O)NCc1ccc2c(c1)CN(c1cnc3ccccc3n1)C2. The Kier molecular flexibility index (Phi) is 5.68. The molecule has 0 aliphatic carbocycles. The predicted octanol–water partition coefficient (Wildman–Crippen LogP) is 2.81. The van der Waals surface area contributed by atoms with Crippen LogP contribution in [0.4, 0.5) is 5.82 Å². The summed E-state index contributed by atoms with van der Waals surface area (Å²) in [6.07, 6.45) is 7.25. The van der Waals surface area contributed by atoms with Gasteiger partial charge in [-0.25, -0.2) is 4.98 Å². The van der Waals surface area contributed by atoms with Crippen molar-refractivity contribution >= 4 is 22.8 Å². The van der Waals surface area contributed by atoms with Crippen molar-refractivity contribution in [3.05, 3.63) is 65.4 Å². The van der Waals surface area contributed by atoms with E-state index in [1.165, 1.54) is 11.1 Å². The molecular formula is C23H22N4O2. The number of rotatable bonds is 7. The second-order valence-corrected chi connectivity index (χ2v) is 6.96. The molecule has 0 unspecified atom stereocenters. The van der Waals surface area contributed by atoms with E-state index in [4.69, 9.17) is 16.1 Å². The van der Waals surface area contributed by atoms with E-state index in [9.17, 15) is 4.79 Å². The van der Waals surface area contributed by atoms with E-state index >= 15 is 0 Å². The first-order valence-electron chi connectivity index (χ1n) is 9.58. The molecule has 2 heterocycles. The predicted molar refractivity (Wildman–Crippen MR) is 112 cm³/mol. The van der Waals surface area contributed by atoms with E-state index < -0.39 is 0 Å². The Hall–Kier alpha value is -3.43. The van der Waals surface area contributed by atoms with Gasteiger partial charge < -0.3 is 15.0 Å². The normalized spacial score (nSPS) is 12.6. The molecule has 0 atom stereocenters. The van der Waals surface area contributed by atoms with E-state index in [2.05, 4.69) is 39.3 Å². The van der Waals surface area contributed by atoms with Crippen LogP contribution in [0, 0.1) is 12.3 Å². The molecule has 1 amide bonds. The number of carbonyl (C=O) groups excluding carboxylic acids is 1. The molecule has 1 aliphatic heterocycles. The standard InChI is InChI=1S/C23H22N4O2/c1-2-10-29-11-9-23(28)25-13-17-7-8-18-15-27(16-19(18)12-17)22-14-24-20-5-3-4-6-21(20)26-22/h1,3-8,12,14H,9-11,13,15-16H2,(H,25,28). The van der Waals surface area contributed by atoms with Crippen molar-refractivity contribution in [2.45, 2.75) is 26.1 Å². The van der Waals surface area contributed by atoms with Crippen LogP contribution in [0.5, 0.6) is 0 Å². The Bertz CT molecular complexity index is 1070. The molecule has 0 spiro atoms. The van der Waals surface area contributed by atoms with Gasteiger partial charge >= 0.3 is 0 Å². The highest BCUT2D eigenvalue weighted by Gasteiger charge is 2.21. The van der Waals surface area contributed by atoms with Crippen molar-refractivity contribution in [1.82, 2.24) is 15.3 Å². The Morgan fingerprint density at radius 2 is 2.00 bits per heavy atom. The summed E-state index contributed by atoms with van der Waals surface area (Å²) in [4.78, 5) is 23.4. The van der Waals surface area contributed by atoms with Gasteiger partial charge in [-0.2, -0.15) is 0 Å². The number of terminal acetylenes is 1. The third-order valence-electron chi connectivity index (χ3n) is 4.90. The lowest BCUT2D eigenvalue weighted by Crippen LogP contribution is -2.24. The number of ether oxygens (including phenoxy) is 1. The van der Waals surface area contributed by atoms with E-state index in [0.717, 1.165) is 35.5 Å². The lowest BCUT2D eigenvalue weighted by Gasteiger charge is -2.16. The number of carbonyl (C=O) groups is 1. The molecule has 0 fully saturated rings. The van der Waals surface area contributed by atoms with Crippen LogP contribution in [0.15, 0.2) is 48.7 Å². The van der Waals surface area contributed by atoms with Gasteiger partial charge in [0.2, 0.25) is 5.91 Å². The molecule has 29 heavy (non-hydrogen) atoms. The molecule has 0 bridgehead atoms. The van der Waals surface area contributed by atoms with Crippen LogP contribution in [-0.2, 0) is 29.2 Å². The Balaban J connectivity index is 1.36. The summed E-state index contributed by atoms with van der Waals surface area (Å²) in [6, 6.07) is 14.2. The highest BCUT2D eigenvalue weighted by atomic mass is 16.5. The average Bonchev–Trinajstić information content (AvgIpc) is 3.18. The first-order valence-corrected chi connectivity index (χ1v) is 9.58. The molecule has 6 heteroatoms. The zero-order chi connectivity index (χ0) is 20.1. The number of nitrogens with zero attached hydrogens (tertiary/aromatic N) is 3. The van der Waals surface area contributed by atoms with Crippen LogP contribution in [0.2, 0.25) is 0 Å². The molecule has 146 valence electrons. The van der Waals surface area contributed by atoms with E-state index in [0.29, 0.717) is 19.6 Å². The number of hydrogen-bond donors (Lipinski definition) is 1. The first-order chi connectivity index (χ1) is 14.2. The molecule has 0 saturated heterocycles. The highest BCUT2D eigenvalue weighted by Crippen LogP contribution is 2.28. The Morgan fingerprint density at radius 3 is 2.86 bits per heavy atom. The maximum Gasteiger partial charge on any atom is 0.222 e. The molecule has 0 saturated carbocycles. The van der Waals surface area contributed by atoms with Gasteiger partial charge in [0.15, 0.2) is 0 Å². The number of anilines is 1. The van der Waals surface area contributed by atoms with Crippen LogP contribution in [0.3, 0.4) is 0 Å². The number of benzene rings is 2. The number of fused-ring (bicyclic) bond motifs is 2. The minimum Gasteiger partial charge on any atom is -0.368 e. The third kappa shape index (κ3) is 4.53. The summed E-state index contributed by atoms with van der Waals surface area (Å²) < 4.78 is 5.13. The van der Waals surface area contributed by atoms with Crippen molar-refractivity contribution in [2.24, 2.45) is 0 Å². The fraction of sp³-hybridized carbons (Fsp3) is 0.261. The highest BCUT2D eigenvalue weighted by molar-refractivity contribution is 5.76. The van der Waals surface area contributed by atoms with Crippen LogP contribution in [0.1, 0.15) is 23.1 Å².